The Morgan fingerprint density at radius 3 is 1.17 bits per heavy atom. The zero-order valence-electron chi connectivity index (χ0n) is 6.93. The van der Waals surface area contributed by atoms with E-state index in [0.717, 1.165) is 0 Å². The second kappa shape index (κ2) is 3.40. The highest BCUT2D eigenvalue weighted by Gasteiger charge is 2.12. The Morgan fingerprint density at radius 1 is 0.417 bits per heavy atom. The van der Waals surface area contributed by atoms with E-state index in [4.69, 9.17) is 0 Å². The van der Waals surface area contributed by atoms with Crippen molar-refractivity contribution in [3.05, 3.63) is 60.8 Å². The molecule has 0 N–H and O–H groups in total. The lowest BCUT2D eigenvalue weighted by atomic mass is 9.87. The highest BCUT2D eigenvalue weighted by atomic mass is 14.2. The zero-order chi connectivity index (χ0) is 8.23. The van der Waals surface area contributed by atoms with Crippen LogP contribution in [0.1, 0.15) is 0 Å². The lowest BCUT2D eigenvalue weighted by Crippen LogP contribution is -2.07. The molecule has 0 heteroatoms. The molecule has 60 valence electrons. The zero-order valence-corrected chi connectivity index (χ0v) is 6.93. The Hall–Kier alpha value is -1.30. The molecule has 2 aliphatic carbocycles. The molecule has 0 saturated heterocycles. The molecule has 0 fully saturated rings. The summed E-state index contributed by atoms with van der Waals surface area (Å²) in [4.78, 5) is 0. The highest BCUT2D eigenvalue weighted by molar-refractivity contribution is 5.27. The normalized spacial score (nSPS) is 36.7. The molecule has 0 aliphatic heterocycles. The highest BCUT2D eigenvalue weighted by Crippen LogP contribution is 2.23. The fourth-order valence-corrected chi connectivity index (χ4v) is 1.54. The maximum atomic E-state index is 2.24. The maximum absolute atomic E-state index is 2.24. The van der Waals surface area contributed by atoms with Gasteiger partial charge in [-0.25, -0.2) is 0 Å². The molecule has 0 radical (unpaired) electrons. The smallest absolute Gasteiger partial charge is 0.00506 e. The summed E-state index contributed by atoms with van der Waals surface area (Å²) < 4.78 is 0. The van der Waals surface area contributed by atoms with Crippen molar-refractivity contribution < 1.29 is 0 Å². The Labute approximate surface area is 73.3 Å². The van der Waals surface area contributed by atoms with E-state index in [2.05, 4.69) is 60.8 Å². The topological polar surface area (TPSA) is 0 Å². The van der Waals surface area contributed by atoms with Crippen molar-refractivity contribution in [2.45, 2.75) is 0 Å². The Balaban J connectivity index is 2.28. The predicted molar refractivity (Wildman–Crippen MR) is 52.7 cm³/mol. The van der Waals surface area contributed by atoms with Crippen LogP contribution in [0.4, 0.5) is 0 Å². The van der Waals surface area contributed by atoms with Crippen molar-refractivity contribution in [3.8, 4) is 0 Å². The van der Waals surface area contributed by atoms with Gasteiger partial charge in [0.05, 0.1) is 0 Å². The van der Waals surface area contributed by atoms with Crippen LogP contribution in [0, 0.1) is 11.8 Å². The first-order valence-corrected chi connectivity index (χ1v) is 4.33. The summed E-state index contributed by atoms with van der Waals surface area (Å²) in [6, 6.07) is 0. The summed E-state index contributed by atoms with van der Waals surface area (Å²) in [6.45, 7) is 0. The van der Waals surface area contributed by atoms with Gasteiger partial charge in [0.2, 0.25) is 0 Å². The molecule has 0 amide bonds. The average Bonchev–Trinajstić information content (AvgIpc) is 2.06. The molecule has 2 rings (SSSR count). The van der Waals surface area contributed by atoms with Crippen LogP contribution >= 0.6 is 0 Å². The molecular formula is C12H12. The van der Waals surface area contributed by atoms with Gasteiger partial charge in [-0.15, -0.1) is 0 Å². The first kappa shape index (κ1) is 7.35. The van der Waals surface area contributed by atoms with E-state index in [1.807, 2.05) is 0 Å². The van der Waals surface area contributed by atoms with Crippen molar-refractivity contribution in [1.29, 1.82) is 0 Å². The molecular weight excluding hydrogens is 144 g/mol. The molecule has 0 bridgehead atoms. The number of hydrogen-bond acceptors (Lipinski definition) is 0. The largest absolute Gasteiger partial charge is 0.0767 e. The minimum atomic E-state index is 0.552. The third-order valence-corrected chi connectivity index (χ3v) is 2.22. The summed E-state index contributed by atoms with van der Waals surface area (Å²) in [6.07, 6.45) is 21.6. The fourth-order valence-electron chi connectivity index (χ4n) is 1.54. The molecule has 0 aromatic carbocycles. The van der Waals surface area contributed by atoms with Gasteiger partial charge in [0, 0.05) is 11.8 Å². The molecule has 0 saturated carbocycles. The van der Waals surface area contributed by atoms with E-state index < -0.39 is 0 Å². The van der Waals surface area contributed by atoms with Crippen molar-refractivity contribution >= 4 is 0 Å². The van der Waals surface area contributed by atoms with Gasteiger partial charge in [0.1, 0.15) is 0 Å². The molecule has 0 aromatic rings. The van der Waals surface area contributed by atoms with E-state index in [-0.39, 0.29) is 0 Å². The van der Waals surface area contributed by atoms with Crippen LogP contribution < -0.4 is 0 Å². The number of rotatable bonds is 0. The van der Waals surface area contributed by atoms with Gasteiger partial charge in [-0.05, 0) is 0 Å². The average molecular weight is 156 g/mol. The van der Waals surface area contributed by atoms with Crippen LogP contribution in [-0.2, 0) is 0 Å². The summed E-state index contributed by atoms with van der Waals surface area (Å²) >= 11 is 0. The Kier molecular flexibility index (Phi) is 2.08. The van der Waals surface area contributed by atoms with Crippen molar-refractivity contribution in [3.63, 3.8) is 0 Å². The SMILES string of the molecule is C1=C[C@@H]2C=C/C=C\C=C/[C@@H]2C=C1. The van der Waals surface area contributed by atoms with Gasteiger partial charge in [0.15, 0.2) is 0 Å². The monoisotopic (exact) mass is 156 g/mol. The van der Waals surface area contributed by atoms with E-state index in [1.54, 1.807) is 0 Å². The van der Waals surface area contributed by atoms with Crippen LogP contribution in [0.3, 0.4) is 0 Å². The molecule has 0 spiro atoms. The van der Waals surface area contributed by atoms with Gasteiger partial charge in [0.25, 0.3) is 0 Å². The second-order valence-electron chi connectivity index (χ2n) is 3.08. The number of fused-ring (bicyclic) bond motifs is 1. The fraction of sp³-hybridized carbons (Fsp3) is 0.167. The first-order chi connectivity index (χ1) is 5.97. The van der Waals surface area contributed by atoms with Gasteiger partial charge in [-0.1, -0.05) is 60.8 Å². The van der Waals surface area contributed by atoms with E-state index in [1.165, 1.54) is 0 Å². The van der Waals surface area contributed by atoms with Crippen molar-refractivity contribution in [1.82, 2.24) is 0 Å². The van der Waals surface area contributed by atoms with Crippen molar-refractivity contribution in [2.24, 2.45) is 11.8 Å². The number of allylic oxidation sites excluding steroid dienone is 10. The maximum Gasteiger partial charge on any atom is 0.00506 e. The second-order valence-corrected chi connectivity index (χ2v) is 3.08. The summed E-state index contributed by atoms with van der Waals surface area (Å²) in [7, 11) is 0. The summed E-state index contributed by atoms with van der Waals surface area (Å²) in [5.41, 5.74) is 0. The van der Waals surface area contributed by atoms with E-state index in [9.17, 15) is 0 Å². The lowest BCUT2D eigenvalue weighted by molar-refractivity contribution is 0.667. The summed E-state index contributed by atoms with van der Waals surface area (Å²) in [5, 5.41) is 0. The van der Waals surface area contributed by atoms with Crippen molar-refractivity contribution in [2.75, 3.05) is 0 Å². The van der Waals surface area contributed by atoms with Crippen LogP contribution in [0.2, 0.25) is 0 Å². The third-order valence-electron chi connectivity index (χ3n) is 2.22. The van der Waals surface area contributed by atoms with E-state index >= 15 is 0 Å². The molecule has 0 nitrogen and oxygen atoms in total. The first-order valence-electron chi connectivity index (χ1n) is 4.33. The van der Waals surface area contributed by atoms with Crippen LogP contribution in [0.15, 0.2) is 60.8 Å². The predicted octanol–water partition coefficient (Wildman–Crippen LogP) is 3.03. The van der Waals surface area contributed by atoms with Gasteiger partial charge in [-0.2, -0.15) is 0 Å². The van der Waals surface area contributed by atoms with Crippen LogP contribution in [-0.4, -0.2) is 0 Å². The Bertz CT molecular complexity index is 257. The Morgan fingerprint density at radius 2 is 0.750 bits per heavy atom. The minimum absolute atomic E-state index is 0.552. The molecule has 2 aliphatic rings. The van der Waals surface area contributed by atoms with E-state index in [0.29, 0.717) is 11.8 Å². The van der Waals surface area contributed by atoms with Gasteiger partial charge >= 0.3 is 0 Å². The molecule has 0 unspecified atom stereocenters. The standard InChI is InChI=1S/C12H12/c1-2-4-8-12-10-6-5-9-11(12)7-3-1/h1-12H/b2-1-,7-3-,8-4?/t11-,12+/m1/s1. The van der Waals surface area contributed by atoms with Crippen LogP contribution in [0.25, 0.3) is 0 Å². The molecule has 0 aromatic heterocycles. The molecule has 0 heterocycles. The minimum Gasteiger partial charge on any atom is -0.0767 e. The molecule has 2 atom stereocenters. The third kappa shape index (κ3) is 1.48. The molecule has 12 heavy (non-hydrogen) atoms. The van der Waals surface area contributed by atoms with Gasteiger partial charge in [-0.3, -0.25) is 0 Å². The summed E-state index contributed by atoms with van der Waals surface area (Å²) in [5.74, 6) is 1.10. The van der Waals surface area contributed by atoms with Crippen LogP contribution in [0.5, 0.6) is 0 Å². The number of hydrogen-bond donors (Lipinski definition) is 0. The lowest BCUT2D eigenvalue weighted by Gasteiger charge is -2.17. The van der Waals surface area contributed by atoms with Gasteiger partial charge < -0.3 is 0 Å². The quantitative estimate of drug-likeness (QED) is 0.505.